The number of aromatic amines is 1. The zero-order valence-corrected chi connectivity index (χ0v) is 15.8. The molecule has 0 spiro atoms. The van der Waals surface area contributed by atoms with Crippen LogP contribution in [0.3, 0.4) is 0 Å². The van der Waals surface area contributed by atoms with Crippen molar-refractivity contribution in [3.05, 3.63) is 65.9 Å². The smallest absolute Gasteiger partial charge is 0.328 e. The molecule has 3 rings (SSSR count). The van der Waals surface area contributed by atoms with Crippen molar-refractivity contribution in [3.8, 4) is 0 Å². The van der Waals surface area contributed by atoms with E-state index >= 15 is 0 Å². The van der Waals surface area contributed by atoms with Gasteiger partial charge in [-0.1, -0.05) is 18.2 Å². The summed E-state index contributed by atoms with van der Waals surface area (Å²) in [5.41, 5.74) is 2.26. The van der Waals surface area contributed by atoms with Gasteiger partial charge in [0.1, 0.15) is 6.04 Å². The highest BCUT2D eigenvalue weighted by Crippen LogP contribution is 2.19. The fourth-order valence-corrected chi connectivity index (χ4v) is 3.41. The zero-order valence-electron chi connectivity index (χ0n) is 15.0. The standard InChI is InChI=1S/C20H20N2O4S/c1-26-20(24)18(11-14-12-21-17-6-4-3-5-16(14)17)22-19(23)13-7-9-15(10-8-13)27(2)25/h3-10,12,18,21H,11H2,1-2H3,(H,22,23). The van der Waals surface area contributed by atoms with Crippen LogP contribution in [0.25, 0.3) is 10.9 Å². The number of aromatic nitrogens is 1. The molecular weight excluding hydrogens is 364 g/mol. The molecule has 0 aliphatic rings. The van der Waals surface area contributed by atoms with Crippen LogP contribution in [0, 0.1) is 0 Å². The maximum Gasteiger partial charge on any atom is 0.328 e. The van der Waals surface area contributed by atoms with Crippen LogP contribution in [-0.2, 0) is 26.8 Å². The van der Waals surface area contributed by atoms with Gasteiger partial charge in [-0.25, -0.2) is 4.79 Å². The van der Waals surface area contributed by atoms with Crippen LogP contribution in [0.4, 0.5) is 0 Å². The molecule has 0 saturated carbocycles. The van der Waals surface area contributed by atoms with Crippen LogP contribution in [-0.4, -0.2) is 40.5 Å². The first-order valence-electron chi connectivity index (χ1n) is 8.36. The molecule has 1 aromatic heterocycles. The molecule has 27 heavy (non-hydrogen) atoms. The summed E-state index contributed by atoms with van der Waals surface area (Å²) in [5, 5.41) is 3.73. The lowest BCUT2D eigenvalue weighted by Gasteiger charge is -2.16. The summed E-state index contributed by atoms with van der Waals surface area (Å²) in [6, 6.07) is 13.4. The molecule has 2 aromatic carbocycles. The van der Waals surface area contributed by atoms with Crippen molar-refractivity contribution < 1.29 is 18.5 Å². The molecule has 2 unspecified atom stereocenters. The predicted molar refractivity (Wildman–Crippen MR) is 104 cm³/mol. The van der Waals surface area contributed by atoms with Gasteiger partial charge in [-0.15, -0.1) is 0 Å². The Labute approximate surface area is 159 Å². The Hall–Kier alpha value is -2.93. The summed E-state index contributed by atoms with van der Waals surface area (Å²) in [4.78, 5) is 28.5. The predicted octanol–water partition coefficient (Wildman–Crippen LogP) is 2.42. The number of amides is 1. The summed E-state index contributed by atoms with van der Waals surface area (Å²) in [7, 11) is 0.179. The molecule has 1 heterocycles. The molecule has 0 aliphatic carbocycles. The number of esters is 1. The molecule has 0 fully saturated rings. The second-order valence-electron chi connectivity index (χ2n) is 6.09. The van der Waals surface area contributed by atoms with E-state index in [0.717, 1.165) is 16.5 Å². The van der Waals surface area contributed by atoms with E-state index < -0.39 is 28.7 Å². The lowest BCUT2D eigenvalue weighted by atomic mass is 10.0. The number of fused-ring (bicyclic) bond motifs is 1. The van der Waals surface area contributed by atoms with Crippen LogP contribution in [0.1, 0.15) is 15.9 Å². The van der Waals surface area contributed by atoms with E-state index in [1.54, 1.807) is 30.5 Å². The lowest BCUT2D eigenvalue weighted by Crippen LogP contribution is -2.43. The molecule has 2 atom stereocenters. The molecule has 1 amide bonds. The molecule has 7 heteroatoms. The molecule has 6 nitrogen and oxygen atoms in total. The van der Waals surface area contributed by atoms with E-state index in [4.69, 9.17) is 4.74 Å². The average molecular weight is 384 g/mol. The first kappa shape index (κ1) is 18.8. The van der Waals surface area contributed by atoms with Crippen LogP contribution in [0.5, 0.6) is 0 Å². The number of hydrogen-bond acceptors (Lipinski definition) is 4. The van der Waals surface area contributed by atoms with Crippen molar-refractivity contribution in [2.24, 2.45) is 0 Å². The minimum Gasteiger partial charge on any atom is -0.467 e. The zero-order chi connectivity index (χ0) is 19.4. The summed E-state index contributed by atoms with van der Waals surface area (Å²) >= 11 is 0. The van der Waals surface area contributed by atoms with Crippen LogP contribution < -0.4 is 5.32 Å². The quantitative estimate of drug-likeness (QED) is 0.639. The number of ether oxygens (including phenoxy) is 1. The Morgan fingerprint density at radius 3 is 2.52 bits per heavy atom. The molecule has 140 valence electrons. The largest absolute Gasteiger partial charge is 0.467 e. The Balaban J connectivity index is 1.79. The monoisotopic (exact) mass is 384 g/mol. The number of rotatable bonds is 6. The normalized spacial score (nSPS) is 13.1. The van der Waals surface area contributed by atoms with Crippen LogP contribution >= 0.6 is 0 Å². The summed E-state index contributed by atoms with van der Waals surface area (Å²) < 4.78 is 16.3. The highest BCUT2D eigenvalue weighted by Gasteiger charge is 2.24. The maximum atomic E-state index is 12.5. The van der Waals surface area contributed by atoms with Crippen LogP contribution in [0.2, 0.25) is 0 Å². The fourth-order valence-electron chi connectivity index (χ4n) is 2.90. The van der Waals surface area contributed by atoms with E-state index in [0.29, 0.717) is 16.9 Å². The summed E-state index contributed by atoms with van der Waals surface area (Å²) in [5.74, 6) is -0.904. The van der Waals surface area contributed by atoms with Crippen LogP contribution in [0.15, 0.2) is 59.6 Å². The third kappa shape index (κ3) is 4.25. The average Bonchev–Trinajstić information content (AvgIpc) is 3.09. The van der Waals surface area contributed by atoms with E-state index in [2.05, 4.69) is 10.3 Å². The molecule has 2 N–H and O–H groups in total. The Bertz CT molecular complexity index is 995. The number of carbonyl (C=O) groups is 2. The Kier molecular flexibility index (Phi) is 5.71. The third-order valence-electron chi connectivity index (χ3n) is 4.34. The van der Waals surface area contributed by atoms with Gasteiger partial charge in [0.2, 0.25) is 0 Å². The molecular formula is C20H20N2O4S. The van der Waals surface area contributed by atoms with E-state index in [9.17, 15) is 13.8 Å². The van der Waals surface area contributed by atoms with E-state index in [1.807, 2.05) is 30.5 Å². The second-order valence-corrected chi connectivity index (χ2v) is 7.47. The number of H-pyrrole nitrogens is 1. The molecule has 0 radical (unpaired) electrons. The van der Waals surface area contributed by atoms with Gasteiger partial charge in [-0.2, -0.15) is 0 Å². The minimum absolute atomic E-state index is 0.305. The number of para-hydroxylation sites is 1. The number of methoxy groups -OCH3 is 1. The first-order chi connectivity index (χ1) is 13.0. The van der Waals surface area contributed by atoms with Crippen molar-refractivity contribution in [2.75, 3.05) is 13.4 Å². The van der Waals surface area contributed by atoms with Crippen molar-refractivity contribution in [3.63, 3.8) is 0 Å². The van der Waals surface area contributed by atoms with Gasteiger partial charge in [0.05, 0.1) is 7.11 Å². The highest BCUT2D eigenvalue weighted by molar-refractivity contribution is 7.84. The Morgan fingerprint density at radius 2 is 1.85 bits per heavy atom. The van der Waals surface area contributed by atoms with Crippen molar-refractivity contribution >= 4 is 33.6 Å². The van der Waals surface area contributed by atoms with Crippen molar-refractivity contribution in [1.29, 1.82) is 0 Å². The van der Waals surface area contributed by atoms with Gasteiger partial charge in [0, 0.05) is 51.0 Å². The number of benzene rings is 2. The number of nitrogens with one attached hydrogen (secondary N) is 2. The van der Waals surface area contributed by atoms with E-state index in [1.165, 1.54) is 7.11 Å². The summed E-state index contributed by atoms with van der Waals surface area (Å²) in [6.45, 7) is 0. The molecule has 3 aromatic rings. The lowest BCUT2D eigenvalue weighted by molar-refractivity contribution is -0.142. The maximum absolute atomic E-state index is 12.5. The SMILES string of the molecule is COC(=O)C(Cc1c[nH]c2ccccc12)NC(=O)c1ccc(S(C)=O)cc1. The van der Waals surface area contributed by atoms with Gasteiger partial charge in [0.25, 0.3) is 5.91 Å². The van der Waals surface area contributed by atoms with Gasteiger partial charge < -0.3 is 15.0 Å². The minimum atomic E-state index is -1.11. The van der Waals surface area contributed by atoms with Crippen molar-refractivity contribution in [2.45, 2.75) is 17.4 Å². The highest BCUT2D eigenvalue weighted by atomic mass is 32.2. The van der Waals surface area contributed by atoms with E-state index in [-0.39, 0.29) is 0 Å². The molecule has 0 aliphatic heterocycles. The van der Waals surface area contributed by atoms with Gasteiger partial charge >= 0.3 is 5.97 Å². The fraction of sp³-hybridized carbons (Fsp3) is 0.200. The third-order valence-corrected chi connectivity index (χ3v) is 5.27. The van der Waals surface area contributed by atoms with Gasteiger partial charge in [-0.05, 0) is 35.9 Å². The van der Waals surface area contributed by atoms with Crippen molar-refractivity contribution in [1.82, 2.24) is 10.3 Å². The molecule has 0 saturated heterocycles. The topological polar surface area (TPSA) is 88.3 Å². The second kappa shape index (κ2) is 8.18. The molecule has 0 bridgehead atoms. The first-order valence-corrected chi connectivity index (χ1v) is 9.92. The summed E-state index contributed by atoms with van der Waals surface area (Å²) in [6.07, 6.45) is 3.71. The number of carbonyl (C=O) groups excluding carboxylic acids is 2. The van der Waals surface area contributed by atoms with Gasteiger partial charge in [0.15, 0.2) is 0 Å². The van der Waals surface area contributed by atoms with Gasteiger partial charge in [-0.3, -0.25) is 9.00 Å². The Morgan fingerprint density at radius 1 is 1.15 bits per heavy atom. The number of hydrogen-bond donors (Lipinski definition) is 2.